The summed E-state index contributed by atoms with van der Waals surface area (Å²) in [7, 11) is 0. The zero-order valence-corrected chi connectivity index (χ0v) is 21.7. The van der Waals surface area contributed by atoms with Crippen molar-refractivity contribution in [1.82, 2.24) is 15.0 Å². The molecule has 0 unspecified atom stereocenters. The van der Waals surface area contributed by atoms with Crippen LogP contribution in [0.3, 0.4) is 0 Å². The van der Waals surface area contributed by atoms with E-state index in [1.54, 1.807) is 6.92 Å². The lowest BCUT2D eigenvalue weighted by Crippen LogP contribution is -2.46. The fraction of sp³-hybridized carbons (Fsp3) is 0.414. The van der Waals surface area contributed by atoms with Gasteiger partial charge in [-0.3, -0.25) is 9.69 Å². The van der Waals surface area contributed by atoms with Gasteiger partial charge in [0.2, 0.25) is 5.89 Å². The molecule has 1 aliphatic heterocycles. The lowest BCUT2D eigenvalue weighted by Gasteiger charge is -2.33. The maximum atomic E-state index is 11.1. The van der Waals surface area contributed by atoms with Gasteiger partial charge in [0, 0.05) is 38.6 Å². The molecule has 4 rings (SSSR count). The van der Waals surface area contributed by atoms with Gasteiger partial charge in [0.15, 0.2) is 0 Å². The van der Waals surface area contributed by atoms with E-state index in [2.05, 4.69) is 69.9 Å². The highest BCUT2D eigenvalue weighted by molar-refractivity contribution is 5.69. The quantitative estimate of drug-likeness (QED) is 0.400. The number of nitrogens with zero attached hydrogens (tertiary/aromatic N) is 4. The fourth-order valence-electron chi connectivity index (χ4n) is 4.26. The van der Waals surface area contributed by atoms with Crippen LogP contribution in [0.15, 0.2) is 53.1 Å². The van der Waals surface area contributed by atoms with E-state index >= 15 is 0 Å². The molecular weight excluding hydrogens is 468 g/mol. The lowest BCUT2D eigenvalue weighted by molar-refractivity contribution is -0.137. The topological polar surface area (TPSA) is 91.9 Å². The van der Waals surface area contributed by atoms with Gasteiger partial charge < -0.3 is 19.3 Å². The highest BCUT2D eigenvalue weighted by atomic mass is 16.5. The molecule has 37 heavy (non-hydrogen) atoms. The van der Waals surface area contributed by atoms with Gasteiger partial charge in [-0.1, -0.05) is 56.2 Å². The number of hydrogen-bond donors (Lipinski definition) is 1. The van der Waals surface area contributed by atoms with Crippen LogP contribution in [0.5, 0.6) is 5.75 Å². The predicted octanol–water partition coefficient (Wildman–Crippen LogP) is 4.68. The first-order valence-electron chi connectivity index (χ1n) is 12.7. The van der Waals surface area contributed by atoms with Gasteiger partial charge in [-0.25, -0.2) is 0 Å². The van der Waals surface area contributed by atoms with Crippen LogP contribution in [0.1, 0.15) is 61.6 Å². The van der Waals surface area contributed by atoms with E-state index in [1.165, 1.54) is 5.56 Å². The first-order chi connectivity index (χ1) is 17.9. The Labute approximate surface area is 218 Å². The number of hydrogen-bond acceptors (Lipinski definition) is 7. The molecule has 0 saturated carbocycles. The smallest absolute Gasteiger partial charge is 0.304 e. The van der Waals surface area contributed by atoms with Crippen molar-refractivity contribution in [3.05, 3.63) is 71.1 Å². The summed E-state index contributed by atoms with van der Waals surface area (Å²) < 4.78 is 11.3. The third-order valence-corrected chi connectivity index (χ3v) is 6.39. The van der Waals surface area contributed by atoms with Crippen molar-refractivity contribution in [2.75, 3.05) is 31.1 Å². The maximum Gasteiger partial charge on any atom is 0.304 e. The minimum absolute atomic E-state index is 0.0129. The average molecular weight is 503 g/mol. The first-order valence-corrected chi connectivity index (χ1v) is 12.7. The van der Waals surface area contributed by atoms with Crippen LogP contribution >= 0.6 is 0 Å². The molecule has 1 atom stereocenters. The number of ether oxygens (including phenoxy) is 1. The lowest BCUT2D eigenvalue weighted by atomic mass is 9.96. The molecule has 1 fully saturated rings. The Kier molecular flexibility index (Phi) is 8.81. The number of carbonyl (C=O) groups is 1. The van der Waals surface area contributed by atoms with Gasteiger partial charge in [0.25, 0.3) is 5.95 Å². The number of piperazine rings is 1. The van der Waals surface area contributed by atoms with Crippen LogP contribution in [-0.4, -0.2) is 52.3 Å². The molecular formula is C29H34N4O4. The van der Waals surface area contributed by atoms with Crippen molar-refractivity contribution < 1.29 is 19.2 Å². The fourth-order valence-corrected chi connectivity index (χ4v) is 4.26. The molecule has 0 radical (unpaired) electrons. The largest absolute Gasteiger partial charge is 0.489 e. The van der Waals surface area contributed by atoms with Gasteiger partial charge in [-0.05, 0) is 40.9 Å². The van der Waals surface area contributed by atoms with Gasteiger partial charge in [0.05, 0.1) is 12.3 Å². The Morgan fingerprint density at radius 3 is 2.32 bits per heavy atom. The van der Waals surface area contributed by atoms with Crippen molar-refractivity contribution in [2.45, 2.75) is 52.2 Å². The Hall–Kier alpha value is -3.83. The summed E-state index contributed by atoms with van der Waals surface area (Å²) in [6.07, 6.45) is -0.0129. The third kappa shape index (κ3) is 7.34. The normalized spacial score (nSPS) is 14.8. The van der Waals surface area contributed by atoms with Crippen LogP contribution < -0.4 is 9.64 Å². The highest BCUT2D eigenvalue weighted by Crippen LogP contribution is 2.23. The van der Waals surface area contributed by atoms with Crippen molar-refractivity contribution in [1.29, 1.82) is 0 Å². The molecule has 0 aliphatic carbocycles. The first kappa shape index (κ1) is 26.2. The molecule has 2 aromatic carbocycles. The number of benzene rings is 2. The van der Waals surface area contributed by atoms with Crippen LogP contribution in [0.4, 0.5) is 5.95 Å². The van der Waals surface area contributed by atoms with E-state index in [0.29, 0.717) is 18.4 Å². The standard InChI is InChI=1S/C29H34N4O4/c1-4-5-25(18-27(34)35)24-10-12-26(13-11-24)36-20-23-8-6-22(7-9-23)19-32-14-16-33(17-15-32)29-30-28(21(2)3)37-31-29/h6-13,21,25H,14-20H2,1-3H3,(H,34,35)/t25-/m0/s1. The number of carboxylic acid groups (broad SMARTS) is 1. The Morgan fingerprint density at radius 1 is 1.05 bits per heavy atom. The van der Waals surface area contributed by atoms with Crippen LogP contribution in [0, 0.1) is 11.8 Å². The minimum atomic E-state index is -0.858. The molecule has 1 aliphatic rings. The zero-order valence-electron chi connectivity index (χ0n) is 21.7. The molecule has 0 amide bonds. The van der Waals surface area contributed by atoms with Crippen molar-refractivity contribution in [3.8, 4) is 17.6 Å². The number of aliphatic carboxylic acids is 1. The summed E-state index contributed by atoms with van der Waals surface area (Å²) in [5.74, 6) is 6.97. The molecule has 1 N–H and O–H groups in total. The molecule has 8 heteroatoms. The number of anilines is 1. The minimum Gasteiger partial charge on any atom is -0.489 e. The van der Waals surface area contributed by atoms with Crippen LogP contribution in [0.25, 0.3) is 0 Å². The van der Waals surface area contributed by atoms with Crippen molar-refractivity contribution in [3.63, 3.8) is 0 Å². The summed E-state index contributed by atoms with van der Waals surface area (Å²) in [5.41, 5.74) is 3.24. The van der Waals surface area contributed by atoms with Crippen LogP contribution in [-0.2, 0) is 17.9 Å². The second kappa shape index (κ2) is 12.4. The van der Waals surface area contributed by atoms with E-state index in [4.69, 9.17) is 14.4 Å². The Bertz CT molecular complexity index is 1220. The van der Waals surface area contributed by atoms with E-state index in [9.17, 15) is 4.79 Å². The van der Waals surface area contributed by atoms with Gasteiger partial charge >= 0.3 is 5.97 Å². The number of carboxylic acids is 1. The average Bonchev–Trinajstić information content (AvgIpc) is 3.40. The summed E-state index contributed by atoms with van der Waals surface area (Å²) in [4.78, 5) is 20.2. The molecule has 1 saturated heterocycles. The molecule has 3 aromatic rings. The third-order valence-electron chi connectivity index (χ3n) is 6.39. The zero-order chi connectivity index (χ0) is 26.2. The van der Waals surface area contributed by atoms with Gasteiger partial charge in [-0.15, -0.1) is 5.92 Å². The summed E-state index contributed by atoms with van der Waals surface area (Å²) >= 11 is 0. The van der Waals surface area contributed by atoms with E-state index < -0.39 is 5.97 Å². The van der Waals surface area contributed by atoms with E-state index in [-0.39, 0.29) is 18.3 Å². The highest BCUT2D eigenvalue weighted by Gasteiger charge is 2.22. The van der Waals surface area contributed by atoms with Gasteiger partial charge in [-0.2, -0.15) is 4.98 Å². The van der Waals surface area contributed by atoms with Crippen LogP contribution in [0.2, 0.25) is 0 Å². The molecule has 1 aromatic heterocycles. The summed E-state index contributed by atoms with van der Waals surface area (Å²) in [6, 6.07) is 16.0. The molecule has 8 nitrogen and oxygen atoms in total. The summed E-state index contributed by atoms with van der Waals surface area (Å²) in [6.45, 7) is 10.8. The second-order valence-electron chi connectivity index (χ2n) is 9.57. The Balaban J connectivity index is 1.23. The summed E-state index contributed by atoms with van der Waals surface area (Å²) in [5, 5.41) is 13.2. The SMILES string of the molecule is CC#C[C@@H](CC(=O)O)c1ccc(OCc2ccc(CN3CCN(c4noc(C(C)C)n4)CC3)cc2)cc1. The van der Waals surface area contributed by atoms with E-state index in [1.807, 2.05) is 24.3 Å². The predicted molar refractivity (Wildman–Crippen MR) is 142 cm³/mol. The molecule has 194 valence electrons. The Morgan fingerprint density at radius 2 is 1.73 bits per heavy atom. The van der Waals surface area contributed by atoms with Crippen molar-refractivity contribution >= 4 is 11.9 Å². The molecule has 0 bridgehead atoms. The molecule has 2 heterocycles. The molecule has 0 spiro atoms. The maximum absolute atomic E-state index is 11.1. The van der Waals surface area contributed by atoms with Crippen molar-refractivity contribution in [2.24, 2.45) is 0 Å². The van der Waals surface area contributed by atoms with E-state index in [0.717, 1.165) is 49.6 Å². The number of rotatable bonds is 10. The van der Waals surface area contributed by atoms with Gasteiger partial charge in [0.1, 0.15) is 12.4 Å². The number of aromatic nitrogens is 2. The monoisotopic (exact) mass is 502 g/mol. The second-order valence-corrected chi connectivity index (χ2v) is 9.57.